The molecule has 0 bridgehead atoms. The van der Waals surface area contributed by atoms with E-state index in [1.165, 1.54) is 6.92 Å². The van der Waals surface area contributed by atoms with Crippen LogP contribution in [0.3, 0.4) is 0 Å². The Balaban J connectivity index is 1.97. The van der Waals surface area contributed by atoms with E-state index in [2.05, 4.69) is 15.5 Å². The molecule has 1 amide bonds. The van der Waals surface area contributed by atoms with E-state index in [9.17, 15) is 14.8 Å². The molecular formula is C17H15ClN4O5. The molecule has 1 unspecified atom stereocenters. The number of aromatic amines is 1. The van der Waals surface area contributed by atoms with Crippen molar-refractivity contribution in [1.29, 1.82) is 0 Å². The summed E-state index contributed by atoms with van der Waals surface area (Å²) >= 11 is 6.42. The SMILES string of the molecule is CC(c1cccc(Nc2ccccc2-c2n[nH]c(=O)o2)c1Cl)N(O)C(=O)O. The molecule has 1 aromatic heterocycles. The summed E-state index contributed by atoms with van der Waals surface area (Å²) in [5, 5.41) is 28.1. The lowest BCUT2D eigenvalue weighted by atomic mass is 10.1. The van der Waals surface area contributed by atoms with E-state index in [0.29, 0.717) is 22.5 Å². The molecule has 0 radical (unpaired) electrons. The first kappa shape index (κ1) is 18.5. The monoisotopic (exact) mass is 390 g/mol. The van der Waals surface area contributed by atoms with Crippen LogP contribution in [-0.4, -0.2) is 31.7 Å². The molecule has 4 N–H and O–H groups in total. The lowest BCUT2D eigenvalue weighted by molar-refractivity contribution is -0.0928. The van der Waals surface area contributed by atoms with Gasteiger partial charge < -0.3 is 14.8 Å². The first-order valence-corrected chi connectivity index (χ1v) is 8.17. The zero-order valence-electron chi connectivity index (χ0n) is 14.0. The van der Waals surface area contributed by atoms with Gasteiger partial charge in [0.15, 0.2) is 0 Å². The topological polar surface area (TPSA) is 132 Å². The molecule has 0 aliphatic rings. The molecule has 10 heteroatoms. The molecule has 2 aromatic carbocycles. The van der Waals surface area contributed by atoms with Crippen LogP contribution in [0.1, 0.15) is 18.5 Å². The number of hydroxylamine groups is 2. The number of para-hydroxylation sites is 1. The van der Waals surface area contributed by atoms with E-state index in [0.717, 1.165) is 0 Å². The van der Waals surface area contributed by atoms with Crippen molar-refractivity contribution >= 4 is 29.1 Å². The third-order valence-corrected chi connectivity index (χ3v) is 4.33. The summed E-state index contributed by atoms with van der Waals surface area (Å²) in [4.78, 5) is 22.2. The van der Waals surface area contributed by atoms with Crippen molar-refractivity contribution in [2.75, 3.05) is 5.32 Å². The first-order valence-electron chi connectivity index (χ1n) is 7.80. The predicted octanol–water partition coefficient (Wildman–Crippen LogP) is 3.86. The number of halogens is 1. The molecule has 0 saturated carbocycles. The Morgan fingerprint density at radius 3 is 2.63 bits per heavy atom. The zero-order chi connectivity index (χ0) is 19.6. The molecule has 0 aliphatic heterocycles. The van der Waals surface area contributed by atoms with Crippen molar-refractivity contribution in [3.8, 4) is 11.5 Å². The summed E-state index contributed by atoms with van der Waals surface area (Å²) in [5.41, 5.74) is 1.98. The van der Waals surface area contributed by atoms with Crippen LogP contribution in [0.2, 0.25) is 5.02 Å². The Bertz CT molecular complexity index is 1030. The number of benzene rings is 2. The number of aromatic nitrogens is 2. The molecule has 1 heterocycles. The molecular weight excluding hydrogens is 376 g/mol. The van der Waals surface area contributed by atoms with Gasteiger partial charge in [-0.2, -0.15) is 5.06 Å². The highest BCUT2D eigenvalue weighted by atomic mass is 35.5. The third kappa shape index (κ3) is 3.78. The largest absolute Gasteiger partial charge is 0.463 e. The van der Waals surface area contributed by atoms with Gasteiger partial charge in [0, 0.05) is 0 Å². The molecule has 3 aromatic rings. The van der Waals surface area contributed by atoms with Gasteiger partial charge in [-0.15, -0.1) is 5.10 Å². The normalized spacial score (nSPS) is 11.8. The van der Waals surface area contributed by atoms with Gasteiger partial charge in [-0.25, -0.2) is 14.7 Å². The highest BCUT2D eigenvalue weighted by Gasteiger charge is 2.22. The second-order valence-electron chi connectivity index (χ2n) is 5.60. The van der Waals surface area contributed by atoms with Gasteiger partial charge in [0.25, 0.3) is 5.89 Å². The zero-order valence-corrected chi connectivity index (χ0v) is 14.8. The molecule has 9 nitrogen and oxygen atoms in total. The fourth-order valence-electron chi connectivity index (χ4n) is 2.54. The average Bonchev–Trinajstić information content (AvgIpc) is 3.09. The number of nitrogens with one attached hydrogen (secondary N) is 2. The van der Waals surface area contributed by atoms with Crippen LogP contribution in [0.4, 0.5) is 16.2 Å². The lowest BCUT2D eigenvalue weighted by Gasteiger charge is -2.22. The van der Waals surface area contributed by atoms with Crippen molar-refractivity contribution in [2.24, 2.45) is 0 Å². The second-order valence-corrected chi connectivity index (χ2v) is 5.98. The standard InChI is InChI=1S/C17H15ClN4O5/c1-9(22(26)17(24)25)10-6-4-8-13(14(10)18)19-12-7-3-2-5-11(12)15-20-21-16(23)27-15/h2-9,19,26H,1H3,(H,21,23)(H,24,25). The lowest BCUT2D eigenvalue weighted by Crippen LogP contribution is -2.28. The Morgan fingerprint density at radius 1 is 1.26 bits per heavy atom. The van der Waals surface area contributed by atoms with Gasteiger partial charge in [0.1, 0.15) is 0 Å². The molecule has 140 valence electrons. The van der Waals surface area contributed by atoms with Crippen LogP contribution < -0.4 is 11.1 Å². The Labute approximate surface area is 157 Å². The van der Waals surface area contributed by atoms with Crippen molar-refractivity contribution < 1.29 is 19.5 Å². The van der Waals surface area contributed by atoms with Crippen LogP contribution in [0, 0.1) is 0 Å². The third-order valence-electron chi connectivity index (χ3n) is 3.91. The maximum Gasteiger partial charge on any atom is 0.434 e. The highest BCUT2D eigenvalue weighted by molar-refractivity contribution is 6.34. The van der Waals surface area contributed by atoms with Gasteiger partial charge in [-0.05, 0) is 30.7 Å². The molecule has 0 spiro atoms. The quantitative estimate of drug-likeness (QED) is 0.384. The number of hydrogen-bond acceptors (Lipinski definition) is 6. The summed E-state index contributed by atoms with van der Waals surface area (Å²) < 4.78 is 5.00. The van der Waals surface area contributed by atoms with E-state index in [4.69, 9.17) is 21.1 Å². The number of nitrogens with zero attached hydrogens (tertiary/aromatic N) is 2. The van der Waals surface area contributed by atoms with E-state index in [-0.39, 0.29) is 16.0 Å². The number of amides is 1. The van der Waals surface area contributed by atoms with Crippen molar-refractivity contribution in [3.05, 3.63) is 63.6 Å². The number of carbonyl (C=O) groups is 1. The van der Waals surface area contributed by atoms with E-state index in [1.807, 2.05) is 0 Å². The average molecular weight is 391 g/mol. The Morgan fingerprint density at radius 2 is 1.96 bits per heavy atom. The van der Waals surface area contributed by atoms with Crippen molar-refractivity contribution in [1.82, 2.24) is 15.3 Å². The highest BCUT2D eigenvalue weighted by Crippen LogP contribution is 2.36. The number of anilines is 2. The minimum absolute atomic E-state index is 0.108. The van der Waals surface area contributed by atoms with Crippen LogP contribution >= 0.6 is 11.6 Å². The summed E-state index contributed by atoms with van der Waals surface area (Å²) in [7, 11) is 0. The molecule has 3 rings (SSSR count). The van der Waals surface area contributed by atoms with Crippen LogP contribution in [0.25, 0.3) is 11.5 Å². The van der Waals surface area contributed by atoms with Gasteiger partial charge in [-0.1, -0.05) is 35.9 Å². The number of rotatable bonds is 5. The van der Waals surface area contributed by atoms with Gasteiger partial charge in [0.2, 0.25) is 0 Å². The first-order chi connectivity index (χ1) is 12.9. The maximum absolute atomic E-state index is 11.2. The summed E-state index contributed by atoms with van der Waals surface area (Å²) in [5.74, 6) is -0.568. The van der Waals surface area contributed by atoms with Crippen LogP contribution in [0.15, 0.2) is 51.7 Å². The fourth-order valence-corrected chi connectivity index (χ4v) is 2.87. The second kappa shape index (κ2) is 7.52. The molecule has 1 atom stereocenters. The number of carboxylic acid groups (broad SMARTS) is 1. The van der Waals surface area contributed by atoms with Crippen LogP contribution in [-0.2, 0) is 0 Å². The minimum Gasteiger partial charge on any atom is -0.463 e. The molecule has 0 fully saturated rings. The Kier molecular flexibility index (Phi) is 5.15. The van der Waals surface area contributed by atoms with Gasteiger partial charge in [-0.3, -0.25) is 5.21 Å². The molecule has 0 aliphatic carbocycles. The summed E-state index contributed by atoms with van der Waals surface area (Å²) in [6.07, 6.45) is -1.49. The smallest absolute Gasteiger partial charge is 0.434 e. The van der Waals surface area contributed by atoms with Crippen molar-refractivity contribution in [3.63, 3.8) is 0 Å². The predicted molar refractivity (Wildman–Crippen MR) is 97.4 cm³/mol. The van der Waals surface area contributed by atoms with Gasteiger partial charge >= 0.3 is 11.8 Å². The molecule has 27 heavy (non-hydrogen) atoms. The van der Waals surface area contributed by atoms with Crippen LogP contribution in [0.5, 0.6) is 0 Å². The number of H-pyrrole nitrogens is 1. The summed E-state index contributed by atoms with van der Waals surface area (Å²) in [6, 6.07) is 11.1. The fraction of sp³-hybridized carbons (Fsp3) is 0.118. The maximum atomic E-state index is 11.2. The minimum atomic E-state index is -1.49. The number of hydrogen-bond donors (Lipinski definition) is 4. The Hall–Kier alpha value is -3.30. The summed E-state index contributed by atoms with van der Waals surface area (Å²) in [6.45, 7) is 1.51. The van der Waals surface area contributed by atoms with E-state index < -0.39 is 17.9 Å². The van der Waals surface area contributed by atoms with E-state index in [1.54, 1.807) is 42.5 Å². The molecule has 0 saturated heterocycles. The van der Waals surface area contributed by atoms with Crippen molar-refractivity contribution in [2.45, 2.75) is 13.0 Å². The van der Waals surface area contributed by atoms with E-state index >= 15 is 0 Å². The van der Waals surface area contributed by atoms with Gasteiger partial charge in [0.05, 0.1) is 28.0 Å².